The molecule has 8 rings (SSSR count). The molecule has 4 aromatic carbocycles. The van der Waals surface area contributed by atoms with Crippen LogP contribution in [0.4, 0.5) is 15.8 Å². The van der Waals surface area contributed by atoms with Crippen molar-refractivity contribution >= 4 is 67.6 Å². The van der Waals surface area contributed by atoms with Crippen LogP contribution in [0.2, 0.25) is 0 Å². The van der Waals surface area contributed by atoms with Crippen LogP contribution >= 0.6 is 12.0 Å². The minimum atomic E-state index is -4.44. The molecule has 0 amide bonds. The number of esters is 1. The van der Waals surface area contributed by atoms with Gasteiger partial charge >= 0.3 is 5.97 Å². The first-order valence-electron chi connectivity index (χ1n) is 24.2. The number of carbonyl (C=O) groups is 3. The maximum absolute atomic E-state index is 14.9. The van der Waals surface area contributed by atoms with E-state index < -0.39 is 33.0 Å². The highest BCUT2D eigenvalue weighted by atomic mass is 32.2. The van der Waals surface area contributed by atoms with Crippen LogP contribution in [-0.2, 0) is 49.4 Å². The van der Waals surface area contributed by atoms with E-state index in [1.165, 1.54) is 41.3 Å². The van der Waals surface area contributed by atoms with Crippen molar-refractivity contribution in [2.45, 2.75) is 120 Å². The average molecular weight is 1010 g/mol. The van der Waals surface area contributed by atoms with Crippen LogP contribution in [0.15, 0.2) is 131 Å². The molecule has 0 saturated heterocycles. The predicted octanol–water partition coefficient (Wildman–Crippen LogP) is 11.5. The molecule has 1 fully saturated rings. The molecule has 2 aliphatic heterocycles. The zero-order valence-electron chi connectivity index (χ0n) is 40.4. The second kappa shape index (κ2) is 21.9. The largest absolute Gasteiger partial charge is 0.457 e. The van der Waals surface area contributed by atoms with Crippen LogP contribution < -0.4 is 9.64 Å². The van der Waals surface area contributed by atoms with Crippen LogP contribution in [-0.4, -0.2) is 71.0 Å². The van der Waals surface area contributed by atoms with Gasteiger partial charge in [0.2, 0.25) is 11.8 Å². The van der Waals surface area contributed by atoms with Gasteiger partial charge in [-0.25, -0.2) is 9.65 Å². The van der Waals surface area contributed by atoms with Crippen molar-refractivity contribution in [1.82, 2.24) is 0 Å². The molecule has 0 aromatic heterocycles. The van der Waals surface area contributed by atoms with E-state index in [9.17, 15) is 31.7 Å². The molecule has 16 heteroatoms. The fraction of sp³-hybridized carbons (Fsp3) is 0.382. The summed E-state index contributed by atoms with van der Waals surface area (Å²) in [4.78, 5) is 38.5. The van der Waals surface area contributed by atoms with E-state index in [0.29, 0.717) is 55.9 Å². The van der Waals surface area contributed by atoms with Gasteiger partial charge in [-0.05, 0) is 141 Å². The normalized spacial score (nSPS) is 19.0. The first kappa shape index (κ1) is 51.6. The molecular formula is C55H60FN2O11S2+. The summed E-state index contributed by atoms with van der Waals surface area (Å²) in [6.07, 6.45) is 13.2. The molecule has 374 valence electrons. The zero-order valence-corrected chi connectivity index (χ0v) is 42.1. The third-order valence-electron chi connectivity index (χ3n) is 14.0. The molecule has 0 atom stereocenters. The van der Waals surface area contributed by atoms with Crippen molar-refractivity contribution in [1.29, 1.82) is 0 Å². The van der Waals surface area contributed by atoms with Gasteiger partial charge in [-0.3, -0.25) is 18.9 Å². The predicted molar refractivity (Wildman–Crippen MR) is 271 cm³/mol. The number of nitrogens with zero attached hydrogens (tertiary/aromatic N) is 2. The Kier molecular flexibility index (Phi) is 15.9. The summed E-state index contributed by atoms with van der Waals surface area (Å²) in [6.45, 7) is 9.94. The van der Waals surface area contributed by atoms with Gasteiger partial charge in [-0.15, -0.1) is 4.33 Å². The van der Waals surface area contributed by atoms with E-state index in [1.807, 2.05) is 6.07 Å². The SMILES string of the molecule is CC1(C)C(/C=C/C2=C(Oc3ccc(S(=O)(=O)O)cc3)C(=C/C=C3/N(CCCCCC(=O)OC4C(=O)CCC4=O)c4ccc(F)cc4C3(C)C)/CCC2)=[N+](CCCCSOOO)c2ccc3ccccc3c21. The van der Waals surface area contributed by atoms with Crippen molar-refractivity contribution in [2.75, 3.05) is 23.7 Å². The maximum atomic E-state index is 14.9. The number of rotatable bonds is 20. The summed E-state index contributed by atoms with van der Waals surface area (Å²) in [5.41, 5.74) is 7.01. The highest BCUT2D eigenvalue weighted by Gasteiger charge is 2.46. The quantitative estimate of drug-likeness (QED) is 0.0125. The molecule has 2 heterocycles. The highest BCUT2D eigenvalue weighted by Crippen LogP contribution is 2.49. The van der Waals surface area contributed by atoms with Crippen molar-refractivity contribution in [3.8, 4) is 5.75 Å². The number of fused-ring (bicyclic) bond motifs is 4. The second-order valence-corrected chi connectivity index (χ2v) is 21.6. The number of benzene rings is 4. The Balaban J connectivity index is 1.13. The van der Waals surface area contributed by atoms with Gasteiger partial charge in [0.25, 0.3) is 10.1 Å². The van der Waals surface area contributed by atoms with Gasteiger partial charge in [0.15, 0.2) is 17.3 Å². The lowest BCUT2D eigenvalue weighted by Gasteiger charge is -2.27. The first-order chi connectivity index (χ1) is 34.0. The smallest absolute Gasteiger partial charge is 0.306 e. The highest BCUT2D eigenvalue weighted by molar-refractivity contribution is 7.94. The Hall–Kier alpha value is -5.75. The Morgan fingerprint density at radius 2 is 1.63 bits per heavy atom. The molecule has 0 unspecified atom stereocenters. The van der Waals surface area contributed by atoms with Gasteiger partial charge in [-0.1, -0.05) is 55.6 Å². The summed E-state index contributed by atoms with van der Waals surface area (Å²) in [6, 6.07) is 23.3. The Bertz CT molecular complexity index is 2970. The van der Waals surface area contributed by atoms with Crippen LogP contribution in [0.25, 0.3) is 10.8 Å². The fourth-order valence-electron chi connectivity index (χ4n) is 10.4. The van der Waals surface area contributed by atoms with Gasteiger partial charge < -0.3 is 14.4 Å². The Morgan fingerprint density at radius 3 is 2.38 bits per heavy atom. The Morgan fingerprint density at radius 1 is 0.873 bits per heavy atom. The van der Waals surface area contributed by atoms with Gasteiger partial charge in [-0.2, -0.15) is 13.0 Å². The van der Waals surface area contributed by atoms with Crippen molar-refractivity contribution < 1.29 is 60.4 Å². The van der Waals surface area contributed by atoms with Gasteiger partial charge in [0, 0.05) is 84.5 Å². The number of carbonyl (C=O) groups excluding carboxylic acids is 3. The zero-order chi connectivity index (χ0) is 50.5. The van der Waals surface area contributed by atoms with E-state index in [1.54, 1.807) is 12.1 Å². The van der Waals surface area contributed by atoms with Crippen LogP contribution in [0, 0.1) is 5.82 Å². The molecule has 4 aromatic rings. The standard InChI is InChI=1S/C55H59FN2O11S2/c1-54(2)43-35-39(56)21-27-44(43)57(32-9-5-6-17-50(61)67-53-46(59)28-29-47(53)60)48(54)30-19-37-14-12-15-38(52(37)66-40-22-24-41(25-23-40)71(63,64)65)20-31-49-55(3,4)51-42-16-8-7-13-36(42)18-26-45(51)58(49)33-10-11-34-70-69-68-62/h7-8,13,16,18-27,30-31,35,53H,5-6,9-12,14-15,17,28-29,32-34H2,1-4H3,(H-,62,63,64,65)/p+1. The number of allylic oxidation sites excluding steroid dienone is 7. The van der Waals surface area contributed by atoms with Crippen LogP contribution in [0.1, 0.15) is 109 Å². The molecule has 2 aliphatic carbocycles. The van der Waals surface area contributed by atoms with Gasteiger partial charge in [0.05, 0.1) is 10.3 Å². The second-order valence-electron chi connectivity index (χ2n) is 19.4. The molecule has 1 saturated carbocycles. The van der Waals surface area contributed by atoms with E-state index in [2.05, 4.69) is 101 Å². The van der Waals surface area contributed by atoms with E-state index in [-0.39, 0.29) is 41.5 Å². The molecule has 2 N–H and O–H groups in total. The topological polar surface area (TPSA) is 169 Å². The van der Waals surface area contributed by atoms with Crippen molar-refractivity contribution in [3.63, 3.8) is 0 Å². The Labute approximate surface area is 418 Å². The fourth-order valence-corrected chi connectivity index (χ4v) is 11.3. The molecule has 0 spiro atoms. The number of hydrogen-bond donors (Lipinski definition) is 2. The number of anilines is 1. The van der Waals surface area contributed by atoms with Gasteiger partial charge in [0.1, 0.15) is 23.9 Å². The number of ether oxygens (including phenoxy) is 2. The molecule has 4 aliphatic rings. The first-order valence-corrected chi connectivity index (χ1v) is 26.5. The van der Waals surface area contributed by atoms with E-state index in [4.69, 9.17) is 14.7 Å². The van der Waals surface area contributed by atoms with E-state index in [0.717, 1.165) is 82.7 Å². The lowest BCUT2D eigenvalue weighted by molar-refractivity contribution is -0.438. The maximum Gasteiger partial charge on any atom is 0.306 e. The summed E-state index contributed by atoms with van der Waals surface area (Å²) in [5.74, 6) is 0.0311. The third kappa shape index (κ3) is 11.3. The number of halogens is 1. The molecule has 0 bridgehead atoms. The lowest BCUT2D eigenvalue weighted by atomic mass is 9.78. The summed E-state index contributed by atoms with van der Waals surface area (Å²) < 4.78 is 67.6. The molecular weight excluding hydrogens is 948 g/mol. The molecule has 13 nitrogen and oxygen atoms in total. The summed E-state index contributed by atoms with van der Waals surface area (Å²) >= 11 is 1.04. The molecule has 71 heavy (non-hydrogen) atoms. The summed E-state index contributed by atoms with van der Waals surface area (Å²) in [7, 11) is -4.44. The van der Waals surface area contributed by atoms with E-state index >= 15 is 0 Å². The third-order valence-corrected chi connectivity index (χ3v) is 15.4. The lowest BCUT2D eigenvalue weighted by Crippen LogP contribution is -2.28. The minimum Gasteiger partial charge on any atom is -0.457 e. The minimum absolute atomic E-state index is 0.0829. The van der Waals surface area contributed by atoms with Crippen molar-refractivity contribution in [3.05, 3.63) is 143 Å². The van der Waals surface area contributed by atoms with Crippen LogP contribution in [0.3, 0.4) is 0 Å². The number of Topliss-reactive ketones (excluding diaryl/α,β-unsaturated/α-hetero) is 2. The van der Waals surface area contributed by atoms with Crippen LogP contribution in [0.5, 0.6) is 5.75 Å². The van der Waals surface area contributed by atoms with Crippen molar-refractivity contribution in [2.24, 2.45) is 0 Å². The number of hydrogen-bond acceptors (Lipinski definition) is 12. The average Bonchev–Trinajstić information content (AvgIpc) is 3.85. The number of unbranched alkanes of at least 4 members (excludes halogenated alkanes) is 3. The summed E-state index contributed by atoms with van der Waals surface area (Å²) in [5, 5.41) is 14.7. The molecule has 0 radical (unpaired) electrons. The monoisotopic (exact) mass is 1010 g/mol. The number of ketones is 2.